The fourth-order valence-electron chi connectivity index (χ4n) is 2.59. The van der Waals surface area contributed by atoms with Crippen LogP contribution in [0.25, 0.3) is 23.2 Å². The number of imidazole rings is 1. The standard InChI is InChI=1S/C18H16N4/c1-2-4-13(5-3-1)6-9-17-21-15-8-7-14(12-16(15)22-17)18-19-10-11-20-18/h1-9,12H,10-11H2,(H,19,20)(H,21,22)/b9-6-. The lowest BCUT2D eigenvalue weighted by Gasteiger charge is -2.01. The summed E-state index contributed by atoms with van der Waals surface area (Å²) in [4.78, 5) is 12.4. The SMILES string of the molecule is C(=C/c1nc2ccc(C3=NCCN3)cc2[nH]1)/c1ccccc1. The molecule has 2 N–H and O–H groups in total. The molecule has 4 rings (SSSR count). The molecule has 0 saturated heterocycles. The Morgan fingerprint density at radius 1 is 1.00 bits per heavy atom. The third-order valence-electron chi connectivity index (χ3n) is 3.68. The van der Waals surface area contributed by atoms with Crippen LogP contribution in [0.4, 0.5) is 0 Å². The molecule has 0 saturated carbocycles. The summed E-state index contributed by atoms with van der Waals surface area (Å²) in [5.74, 6) is 1.83. The van der Waals surface area contributed by atoms with Crippen molar-refractivity contribution in [2.24, 2.45) is 4.99 Å². The van der Waals surface area contributed by atoms with E-state index in [-0.39, 0.29) is 0 Å². The molecule has 0 fully saturated rings. The van der Waals surface area contributed by atoms with E-state index in [1.54, 1.807) is 0 Å². The first kappa shape index (κ1) is 12.8. The third kappa shape index (κ3) is 2.51. The highest BCUT2D eigenvalue weighted by Gasteiger charge is 2.09. The summed E-state index contributed by atoms with van der Waals surface area (Å²) in [7, 11) is 0. The zero-order valence-corrected chi connectivity index (χ0v) is 12.1. The van der Waals surface area contributed by atoms with Crippen molar-refractivity contribution in [3.8, 4) is 0 Å². The van der Waals surface area contributed by atoms with Crippen molar-refractivity contribution in [3.63, 3.8) is 0 Å². The maximum absolute atomic E-state index is 4.59. The van der Waals surface area contributed by atoms with E-state index in [9.17, 15) is 0 Å². The molecule has 2 aromatic carbocycles. The topological polar surface area (TPSA) is 53.1 Å². The third-order valence-corrected chi connectivity index (χ3v) is 3.68. The van der Waals surface area contributed by atoms with Crippen LogP contribution in [0, 0.1) is 0 Å². The summed E-state index contributed by atoms with van der Waals surface area (Å²) in [6.07, 6.45) is 4.06. The number of nitrogens with zero attached hydrogens (tertiary/aromatic N) is 2. The van der Waals surface area contributed by atoms with Crippen LogP contribution in [-0.2, 0) is 0 Å². The van der Waals surface area contributed by atoms with Gasteiger partial charge in [-0.15, -0.1) is 0 Å². The van der Waals surface area contributed by atoms with Crippen LogP contribution in [0.15, 0.2) is 53.5 Å². The number of aromatic amines is 1. The van der Waals surface area contributed by atoms with Gasteiger partial charge in [0.15, 0.2) is 0 Å². The van der Waals surface area contributed by atoms with Crippen LogP contribution in [0.3, 0.4) is 0 Å². The summed E-state index contributed by atoms with van der Waals surface area (Å²) in [5.41, 5.74) is 4.26. The van der Waals surface area contributed by atoms with E-state index in [1.165, 1.54) is 0 Å². The number of aromatic nitrogens is 2. The molecule has 4 heteroatoms. The summed E-state index contributed by atoms with van der Waals surface area (Å²) in [6, 6.07) is 16.4. The van der Waals surface area contributed by atoms with Crippen LogP contribution in [-0.4, -0.2) is 28.9 Å². The van der Waals surface area contributed by atoms with Gasteiger partial charge in [-0.25, -0.2) is 4.98 Å². The predicted molar refractivity (Wildman–Crippen MR) is 90.9 cm³/mol. The first-order chi connectivity index (χ1) is 10.9. The molecule has 22 heavy (non-hydrogen) atoms. The zero-order valence-electron chi connectivity index (χ0n) is 12.1. The van der Waals surface area contributed by atoms with Gasteiger partial charge in [-0.05, 0) is 29.8 Å². The van der Waals surface area contributed by atoms with Crippen molar-refractivity contribution in [1.29, 1.82) is 0 Å². The molecule has 0 aliphatic carbocycles. The molecule has 1 aliphatic rings. The van der Waals surface area contributed by atoms with Crippen molar-refractivity contribution in [2.45, 2.75) is 0 Å². The van der Waals surface area contributed by atoms with Crippen LogP contribution in [0.5, 0.6) is 0 Å². The predicted octanol–water partition coefficient (Wildman–Crippen LogP) is 3.08. The number of nitrogens with one attached hydrogen (secondary N) is 2. The molecule has 2 heterocycles. The van der Waals surface area contributed by atoms with E-state index in [4.69, 9.17) is 0 Å². The van der Waals surface area contributed by atoms with Gasteiger partial charge in [0.05, 0.1) is 17.6 Å². The Bertz CT molecular complexity index is 859. The van der Waals surface area contributed by atoms with Crippen LogP contribution < -0.4 is 5.32 Å². The summed E-state index contributed by atoms with van der Waals surface area (Å²) < 4.78 is 0. The van der Waals surface area contributed by atoms with Gasteiger partial charge in [0, 0.05) is 12.1 Å². The number of hydrogen-bond acceptors (Lipinski definition) is 3. The Balaban J connectivity index is 1.64. The molecule has 4 nitrogen and oxygen atoms in total. The first-order valence-electron chi connectivity index (χ1n) is 7.40. The lowest BCUT2D eigenvalue weighted by molar-refractivity contribution is 0.960. The van der Waals surface area contributed by atoms with E-state index in [2.05, 4.69) is 50.6 Å². The minimum absolute atomic E-state index is 0.849. The fourth-order valence-corrected chi connectivity index (χ4v) is 2.59. The molecule has 3 aromatic rings. The molecule has 1 aliphatic heterocycles. The van der Waals surface area contributed by atoms with Crippen LogP contribution in [0.2, 0.25) is 0 Å². The Kier molecular flexibility index (Phi) is 3.20. The van der Waals surface area contributed by atoms with Gasteiger partial charge in [-0.2, -0.15) is 0 Å². The smallest absolute Gasteiger partial charge is 0.131 e. The number of amidine groups is 1. The number of H-pyrrole nitrogens is 1. The molecule has 1 aromatic heterocycles. The van der Waals surface area contributed by atoms with Crippen LogP contribution in [0.1, 0.15) is 17.0 Å². The first-order valence-corrected chi connectivity index (χ1v) is 7.40. The zero-order chi connectivity index (χ0) is 14.8. The Hall–Kier alpha value is -2.88. The number of rotatable bonds is 3. The molecule has 0 spiro atoms. The van der Waals surface area contributed by atoms with E-state index in [0.717, 1.165) is 46.9 Å². The van der Waals surface area contributed by atoms with E-state index in [1.807, 2.05) is 30.3 Å². The maximum Gasteiger partial charge on any atom is 0.131 e. The van der Waals surface area contributed by atoms with Gasteiger partial charge in [0.25, 0.3) is 0 Å². The van der Waals surface area contributed by atoms with Gasteiger partial charge in [0.1, 0.15) is 11.7 Å². The lowest BCUT2D eigenvalue weighted by Crippen LogP contribution is -2.19. The molecular weight excluding hydrogens is 272 g/mol. The van der Waals surface area contributed by atoms with Gasteiger partial charge < -0.3 is 10.3 Å². The second-order valence-corrected chi connectivity index (χ2v) is 5.26. The minimum Gasteiger partial charge on any atom is -0.368 e. The molecule has 0 bridgehead atoms. The van der Waals surface area contributed by atoms with Crippen molar-refractivity contribution in [1.82, 2.24) is 15.3 Å². The Morgan fingerprint density at radius 2 is 1.91 bits per heavy atom. The normalized spacial score (nSPS) is 14.5. The number of hydrogen-bond donors (Lipinski definition) is 2. The van der Waals surface area contributed by atoms with Crippen LogP contribution >= 0.6 is 0 Å². The highest BCUT2D eigenvalue weighted by atomic mass is 15.1. The Labute approximate surface area is 128 Å². The summed E-state index contributed by atoms with van der Waals surface area (Å²) in [5, 5.41) is 3.29. The molecule has 0 amide bonds. The molecule has 108 valence electrons. The quantitative estimate of drug-likeness (QED) is 0.778. The summed E-state index contributed by atoms with van der Waals surface area (Å²) in [6.45, 7) is 1.77. The number of fused-ring (bicyclic) bond motifs is 1. The largest absolute Gasteiger partial charge is 0.368 e. The highest BCUT2D eigenvalue weighted by molar-refractivity contribution is 6.02. The van der Waals surface area contributed by atoms with Gasteiger partial charge >= 0.3 is 0 Å². The second-order valence-electron chi connectivity index (χ2n) is 5.26. The van der Waals surface area contributed by atoms with Gasteiger partial charge in [0.2, 0.25) is 0 Å². The van der Waals surface area contributed by atoms with E-state index < -0.39 is 0 Å². The Morgan fingerprint density at radius 3 is 2.73 bits per heavy atom. The highest BCUT2D eigenvalue weighted by Crippen LogP contribution is 2.16. The van der Waals surface area contributed by atoms with Crippen molar-refractivity contribution >= 4 is 29.0 Å². The number of benzene rings is 2. The monoisotopic (exact) mass is 288 g/mol. The van der Waals surface area contributed by atoms with Crippen molar-refractivity contribution in [3.05, 3.63) is 65.5 Å². The second kappa shape index (κ2) is 5.48. The van der Waals surface area contributed by atoms with Crippen molar-refractivity contribution in [2.75, 3.05) is 13.1 Å². The molecule has 0 atom stereocenters. The molecule has 0 radical (unpaired) electrons. The van der Waals surface area contributed by atoms with Crippen molar-refractivity contribution < 1.29 is 0 Å². The van der Waals surface area contributed by atoms with Gasteiger partial charge in [-0.1, -0.05) is 36.4 Å². The molecular formula is C18H16N4. The molecule has 0 unspecified atom stereocenters. The summed E-state index contributed by atoms with van der Waals surface area (Å²) >= 11 is 0. The average molecular weight is 288 g/mol. The lowest BCUT2D eigenvalue weighted by atomic mass is 10.2. The maximum atomic E-state index is 4.59. The van der Waals surface area contributed by atoms with E-state index >= 15 is 0 Å². The van der Waals surface area contributed by atoms with Gasteiger partial charge in [-0.3, -0.25) is 4.99 Å². The number of aliphatic imine (C=N–C) groups is 1. The average Bonchev–Trinajstić information content (AvgIpc) is 3.22. The van der Waals surface area contributed by atoms with E-state index in [0.29, 0.717) is 0 Å². The fraction of sp³-hybridized carbons (Fsp3) is 0.111. The minimum atomic E-state index is 0.849.